The summed E-state index contributed by atoms with van der Waals surface area (Å²) in [6.07, 6.45) is 1.56. The van der Waals surface area contributed by atoms with Gasteiger partial charge in [-0.1, -0.05) is 30.3 Å². The lowest BCUT2D eigenvalue weighted by Gasteiger charge is -2.36. The van der Waals surface area contributed by atoms with Crippen molar-refractivity contribution in [2.75, 3.05) is 31.1 Å². The zero-order chi connectivity index (χ0) is 24.6. The topological polar surface area (TPSA) is 78.7 Å². The molecule has 7 nitrogen and oxygen atoms in total. The molecule has 2 heterocycles. The van der Waals surface area contributed by atoms with E-state index in [0.29, 0.717) is 29.3 Å². The van der Waals surface area contributed by atoms with Crippen LogP contribution < -0.4 is 9.64 Å². The van der Waals surface area contributed by atoms with Gasteiger partial charge >= 0.3 is 5.97 Å². The van der Waals surface area contributed by atoms with Gasteiger partial charge in [-0.05, 0) is 55.3 Å². The first-order valence-corrected chi connectivity index (χ1v) is 11.9. The van der Waals surface area contributed by atoms with Crippen molar-refractivity contribution in [1.29, 1.82) is 5.26 Å². The molecule has 7 heteroatoms. The maximum atomic E-state index is 12.5. The van der Waals surface area contributed by atoms with Crippen LogP contribution in [0.15, 0.2) is 66.9 Å². The van der Waals surface area contributed by atoms with Crippen molar-refractivity contribution in [3.8, 4) is 11.8 Å². The molecule has 4 rings (SSSR count). The highest BCUT2D eigenvalue weighted by Gasteiger charge is 2.23. The van der Waals surface area contributed by atoms with Crippen LogP contribution in [0.1, 0.15) is 40.9 Å². The molecule has 3 aromatic rings. The van der Waals surface area contributed by atoms with E-state index >= 15 is 0 Å². The van der Waals surface area contributed by atoms with Gasteiger partial charge in [-0.3, -0.25) is 4.90 Å². The molecule has 0 bridgehead atoms. The van der Waals surface area contributed by atoms with Crippen LogP contribution >= 0.6 is 0 Å². The molecule has 0 atom stereocenters. The first-order valence-electron chi connectivity index (χ1n) is 11.9. The largest absolute Gasteiger partial charge is 0.489 e. The van der Waals surface area contributed by atoms with Gasteiger partial charge in [0.1, 0.15) is 23.7 Å². The van der Waals surface area contributed by atoms with Crippen molar-refractivity contribution in [1.82, 2.24) is 9.88 Å². The molecule has 35 heavy (non-hydrogen) atoms. The maximum absolute atomic E-state index is 12.5. The Morgan fingerprint density at radius 2 is 1.77 bits per heavy atom. The number of pyridine rings is 1. The van der Waals surface area contributed by atoms with Gasteiger partial charge < -0.3 is 14.4 Å². The number of hydrogen-bond donors (Lipinski definition) is 0. The minimum atomic E-state index is -0.327. The molecule has 1 aromatic heterocycles. The summed E-state index contributed by atoms with van der Waals surface area (Å²) in [6.45, 7) is 8.38. The number of carbonyl (C=O) groups is 1. The number of esters is 1. The van der Waals surface area contributed by atoms with Gasteiger partial charge in [-0.25, -0.2) is 9.78 Å². The van der Waals surface area contributed by atoms with E-state index < -0.39 is 0 Å². The summed E-state index contributed by atoms with van der Waals surface area (Å²) >= 11 is 0. The Morgan fingerprint density at radius 3 is 2.49 bits per heavy atom. The summed E-state index contributed by atoms with van der Waals surface area (Å²) in [7, 11) is 0. The van der Waals surface area contributed by atoms with Crippen molar-refractivity contribution >= 4 is 11.8 Å². The average molecular weight is 471 g/mol. The molecule has 0 saturated carbocycles. The normalized spacial score (nSPS) is 13.9. The standard InChI is InChI=1S/C28H30N4O3/c1-21(2)35-28(33)26-7-4-12-30-27(26)32-15-13-31(14-16-32)19-22-8-10-23(11-9-22)20-34-25-6-3-5-24(17-25)18-29/h3-12,17,21H,13-16,19-20H2,1-2H3. The van der Waals surface area contributed by atoms with Gasteiger partial charge in [0.25, 0.3) is 0 Å². The zero-order valence-corrected chi connectivity index (χ0v) is 20.2. The van der Waals surface area contributed by atoms with Crippen LogP contribution in [-0.4, -0.2) is 48.1 Å². The van der Waals surface area contributed by atoms with Crippen LogP contribution in [-0.2, 0) is 17.9 Å². The number of carbonyl (C=O) groups excluding carboxylic acids is 1. The quantitative estimate of drug-likeness (QED) is 0.451. The monoisotopic (exact) mass is 470 g/mol. The number of piperazine rings is 1. The third-order valence-corrected chi connectivity index (χ3v) is 5.82. The van der Waals surface area contributed by atoms with Gasteiger partial charge in [-0.15, -0.1) is 0 Å². The summed E-state index contributed by atoms with van der Waals surface area (Å²) in [5.74, 6) is 1.06. The fourth-order valence-corrected chi connectivity index (χ4v) is 4.02. The molecule has 0 spiro atoms. The fourth-order valence-electron chi connectivity index (χ4n) is 4.02. The molecular weight excluding hydrogens is 440 g/mol. The number of ether oxygens (including phenoxy) is 2. The van der Waals surface area contributed by atoms with Gasteiger partial charge in [0, 0.05) is 38.9 Å². The SMILES string of the molecule is CC(C)OC(=O)c1cccnc1N1CCN(Cc2ccc(COc3cccc(C#N)c3)cc2)CC1. The molecular formula is C28H30N4O3. The number of aromatic nitrogens is 1. The molecule has 2 aromatic carbocycles. The second kappa shape index (κ2) is 11.5. The first kappa shape index (κ1) is 24.2. The molecule has 0 radical (unpaired) electrons. The molecule has 1 saturated heterocycles. The molecule has 1 aliphatic heterocycles. The van der Waals surface area contributed by atoms with Crippen molar-refractivity contribution in [3.63, 3.8) is 0 Å². The van der Waals surface area contributed by atoms with E-state index in [0.717, 1.165) is 38.3 Å². The zero-order valence-electron chi connectivity index (χ0n) is 20.2. The molecule has 1 fully saturated rings. The summed E-state index contributed by atoms with van der Waals surface area (Å²) in [6, 6.07) is 21.3. The van der Waals surface area contributed by atoms with E-state index in [-0.39, 0.29) is 12.1 Å². The molecule has 0 amide bonds. The number of hydrogen-bond acceptors (Lipinski definition) is 7. The molecule has 0 unspecified atom stereocenters. The Hall–Kier alpha value is -3.89. The Balaban J connectivity index is 1.29. The molecule has 180 valence electrons. The molecule has 0 N–H and O–H groups in total. The first-order chi connectivity index (χ1) is 17.0. The Kier molecular flexibility index (Phi) is 7.96. The Labute approximate surface area is 206 Å². The lowest BCUT2D eigenvalue weighted by atomic mass is 10.1. The highest BCUT2D eigenvalue weighted by atomic mass is 16.5. The van der Waals surface area contributed by atoms with Crippen LogP contribution in [0, 0.1) is 11.3 Å². The summed E-state index contributed by atoms with van der Waals surface area (Å²) in [5.41, 5.74) is 3.43. The second-order valence-corrected chi connectivity index (χ2v) is 8.84. The number of nitrogens with zero attached hydrogens (tertiary/aromatic N) is 4. The van der Waals surface area contributed by atoms with Crippen molar-refractivity contribution < 1.29 is 14.3 Å². The summed E-state index contributed by atoms with van der Waals surface area (Å²) in [5, 5.41) is 9.01. The van der Waals surface area contributed by atoms with Gasteiger partial charge in [0.2, 0.25) is 0 Å². The molecule has 0 aliphatic carbocycles. The minimum Gasteiger partial charge on any atom is -0.489 e. The van der Waals surface area contributed by atoms with Crippen LogP contribution in [0.3, 0.4) is 0 Å². The van der Waals surface area contributed by atoms with E-state index in [1.807, 2.05) is 26.0 Å². The maximum Gasteiger partial charge on any atom is 0.342 e. The highest BCUT2D eigenvalue weighted by Crippen LogP contribution is 2.21. The number of rotatable bonds is 8. The molecule has 1 aliphatic rings. The number of nitriles is 1. The van der Waals surface area contributed by atoms with Crippen LogP contribution in [0.2, 0.25) is 0 Å². The van der Waals surface area contributed by atoms with Crippen molar-refractivity contribution in [2.24, 2.45) is 0 Å². The van der Waals surface area contributed by atoms with Crippen LogP contribution in [0.4, 0.5) is 5.82 Å². The van der Waals surface area contributed by atoms with E-state index in [1.54, 1.807) is 30.5 Å². The van der Waals surface area contributed by atoms with E-state index in [9.17, 15) is 4.79 Å². The number of benzene rings is 2. The highest BCUT2D eigenvalue weighted by molar-refractivity contribution is 5.94. The number of anilines is 1. The summed E-state index contributed by atoms with van der Waals surface area (Å²) < 4.78 is 11.2. The van der Waals surface area contributed by atoms with Gasteiger partial charge in [-0.2, -0.15) is 5.26 Å². The lowest BCUT2D eigenvalue weighted by Crippen LogP contribution is -2.46. The predicted octanol–water partition coefficient (Wildman–Crippen LogP) is 4.42. The average Bonchev–Trinajstić information content (AvgIpc) is 2.88. The Morgan fingerprint density at radius 1 is 1.03 bits per heavy atom. The second-order valence-electron chi connectivity index (χ2n) is 8.84. The smallest absolute Gasteiger partial charge is 0.342 e. The summed E-state index contributed by atoms with van der Waals surface area (Å²) in [4.78, 5) is 21.5. The third-order valence-electron chi connectivity index (χ3n) is 5.82. The fraction of sp³-hybridized carbons (Fsp3) is 0.321. The minimum absolute atomic E-state index is 0.167. The third kappa shape index (κ3) is 6.58. The van der Waals surface area contributed by atoms with Gasteiger partial charge in [0.15, 0.2) is 0 Å². The van der Waals surface area contributed by atoms with Crippen molar-refractivity contribution in [2.45, 2.75) is 33.1 Å². The van der Waals surface area contributed by atoms with Crippen LogP contribution in [0.25, 0.3) is 0 Å². The van der Waals surface area contributed by atoms with Crippen molar-refractivity contribution in [3.05, 3.63) is 89.1 Å². The van der Waals surface area contributed by atoms with Gasteiger partial charge in [0.05, 0.1) is 17.7 Å². The van der Waals surface area contributed by atoms with E-state index in [2.05, 4.69) is 45.1 Å². The van der Waals surface area contributed by atoms with E-state index in [4.69, 9.17) is 14.7 Å². The Bertz CT molecular complexity index is 1180. The lowest BCUT2D eigenvalue weighted by molar-refractivity contribution is 0.0378. The predicted molar refractivity (Wildman–Crippen MR) is 134 cm³/mol. The van der Waals surface area contributed by atoms with E-state index in [1.165, 1.54) is 5.56 Å². The van der Waals surface area contributed by atoms with Crippen LogP contribution in [0.5, 0.6) is 5.75 Å².